The highest BCUT2D eigenvalue weighted by molar-refractivity contribution is 7.80. The SMILES string of the molecule is Cc1ccc(C(=O)NC(NC(=S)Nc2cc(F)ccc2F)C(F)(F)F)cc1. The maximum atomic E-state index is 13.6. The van der Waals surface area contributed by atoms with Crippen LogP contribution < -0.4 is 16.0 Å². The first kappa shape index (κ1) is 20.6. The number of thiocarbonyl (C=S) groups is 1. The van der Waals surface area contributed by atoms with Crippen LogP contribution in [0.25, 0.3) is 0 Å². The monoisotopic (exact) mass is 403 g/mol. The van der Waals surface area contributed by atoms with Crippen LogP contribution in [0.15, 0.2) is 42.5 Å². The van der Waals surface area contributed by atoms with Gasteiger partial charge in [-0.2, -0.15) is 13.2 Å². The van der Waals surface area contributed by atoms with Crippen molar-refractivity contribution < 1.29 is 26.7 Å². The summed E-state index contributed by atoms with van der Waals surface area (Å²) >= 11 is 4.71. The smallest absolute Gasteiger partial charge is 0.335 e. The van der Waals surface area contributed by atoms with Crippen LogP contribution in [0.4, 0.5) is 27.6 Å². The molecule has 0 saturated heterocycles. The van der Waals surface area contributed by atoms with Crippen molar-refractivity contribution in [3.05, 3.63) is 65.2 Å². The largest absolute Gasteiger partial charge is 0.427 e. The number of alkyl halides is 3. The molecular weight excluding hydrogens is 389 g/mol. The van der Waals surface area contributed by atoms with Crippen molar-refractivity contribution >= 4 is 28.9 Å². The zero-order valence-electron chi connectivity index (χ0n) is 13.8. The van der Waals surface area contributed by atoms with E-state index >= 15 is 0 Å². The number of amides is 1. The van der Waals surface area contributed by atoms with Crippen LogP contribution in [-0.2, 0) is 0 Å². The van der Waals surface area contributed by atoms with Gasteiger partial charge in [-0.15, -0.1) is 0 Å². The van der Waals surface area contributed by atoms with Crippen molar-refractivity contribution in [2.24, 2.45) is 0 Å². The van der Waals surface area contributed by atoms with Crippen LogP contribution in [0.5, 0.6) is 0 Å². The molecule has 3 N–H and O–H groups in total. The summed E-state index contributed by atoms with van der Waals surface area (Å²) in [6.07, 6.45) is -7.44. The third-order valence-electron chi connectivity index (χ3n) is 3.37. The predicted molar refractivity (Wildman–Crippen MR) is 94.2 cm³/mol. The number of hydrogen-bond acceptors (Lipinski definition) is 2. The Bertz CT molecular complexity index is 839. The molecule has 0 aliphatic rings. The van der Waals surface area contributed by atoms with Crippen LogP contribution in [0.2, 0.25) is 0 Å². The molecule has 0 aromatic heterocycles. The summed E-state index contributed by atoms with van der Waals surface area (Å²) in [5, 5.41) is 5.08. The van der Waals surface area contributed by atoms with Crippen molar-refractivity contribution in [2.45, 2.75) is 19.3 Å². The highest BCUT2D eigenvalue weighted by atomic mass is 32.1. The van der Waals surface area contributed by atoms with Crippen LogP contribution in [-0.4, -0.2) is 23.4 Å². The Hall–Kier alpha value is -2.75. The van der Waals surface area contributed by atoms with Crippen LogP contribution in [0, 0.1) is 18.6 Å². The van der Waals surface area contributed by atoms with Crippen LogP contribution >= 0.6 is 12.2 Å². The summed E-state index contributed by atoms with van der Waals surface area (Å²) < 4.78 is 66.3. The number of aryl methyl sites for hydroxylation is 1. The summed E-state index contributed by atoms with van der Waals surface area (Å²) in [6, 6.07) is 8.26. The molecule has 0 bridgehead atoms. The Balaban J connectivity index is 2.10. The van der Waals surface area contributed by atoms with E-state index in [9.17, 15) is 26.7 Å². The lowest BCUT2D eigenvalue weighted by Gasteiger charge is -2.24. The van der Waals surface area contributed by atoms with Gasteiger partial charge in [0.1, 0.15) is 11.6 Å². The minimum Gasteiger partial charge on any atom is -0.335 e. The first-order valence-corrected chi connectivity index (χ1v) is 7.94. The summed E-state index contributed by atoms with van der Waals surface area (Å²) in [4.78, 5) is 12.0. The van der Waals surface area contributed by atoms with E-state index < -0.39 is 40.7 Å². The number of hydrogen-bond donors (Lipinski definition) is 3. The first-order chi connectivity index (χ1) is 12.6. The molecule has 2 rings (SSSR count). The fraction of sp³-hybridized carbons (Fsp3) is 0.176. The van der Waals surface area contributed by atoms with Crippen molar-refractivity contribution in [1.82, 2.24) is 10.6 Å². The van der Waals surface area contributed by atoms with E-state index in [4.69, 9.17) is 12.2 Å². The molecule has 1 amide bonds. The normalized spacial score (nSPS) is 12.2. The summed E-state index contributed by atoms with van der Waals surface area (Å²) in [7, 11) is 0. The molecule has 2 aromatic rings. The highest BCUT2D eigenvalue weighted by Crippen LogP contribution is 2.20. The van der Waals surface area contributed by atoms with E-state index in [-0.39, 0.29) is 5.56 Å². The Morgan fingerprint density at radius 3 is 2.26 bits per heavy atom. The van der Waals surface area contributed by atoms with E-state index in [1.807, 2.05) is 5.32 Å². The highest BCUT2D eigenvalue weighted by Gasteiger charge is 2.41. The van der Waals surface area contributed by atoms with Gasteiger partial charge in [0, 0.05) is 11.6 Å². The van der Waals surface area contributed by atoms with E-state index in [2.05, 4.69) is 5.32 Å². The number of carbonyl (C=O) groups excluding carboxylic acids is 1. The molecule has 27 heavy (non-hydrogen) atoms. The van der Waals surface area contributed by atoms with Gasteiger partial charge in [-0.25, -0.2) is 8.78 Å². The molecule has 1 atom stereocenters. The van der Waals surface area contributed by atoms with Crippen molar-refractivity contribution in [3.63, 3.8) is 0 Å². The molecule has 4 nitrogen and oxygen atoms in total. The maximum absolute atomic E-state index is 13.6. The second-order valence-electron chi connectivity index (χ2n) is 5.54. The van der Waals surface area contributed by atoms with Gasteiger partial charge in [-0.1, -0.05) is 17.7 Å². The molecule has 0 radical (unpaired) electrons. The standard InChI is InChI=1S/C17H14F5N3OS/c1-9-2-4-10(5-3-9)14(26)24-15(17(20,21)22)25-16(27)23-13-8-11(18)6-7-12(13)19/h2-8,15H,1H3,(H,24,26)(H2,23,25,27). The second-order valence-corrected chi connectivity index (χ2v) is 5.94. The van der Waals surface area contributed by atoms with Crippen LogP contribution in [0.1, 0.15) is 15.9 Å². The van der Waals surface area contributed by atoms with Gasteiger partial charge in [-0.3, -0.25) is 4.79 Å². The lowest BCUT2D eigenvalue weighted by atomic mass is 10.1. The molecule has 1 unspecified atom stereocenters. The zero-order valence-corrected chi connectivity index (χ0v) is 14.6. The number of halogens is 5. The molecule has 0 spiro atoms. The van der Waals surface area contributed by atoms with Gasteiger partial charge in [0.05, 0.1) is 5.69 Å². The quantitative estimate of drug-likeness (QED) is 0.412. The topological polar surface area (TPSA) is 53.2 Å². The van der Waals surface area contributed by atoms with Gasteiger partial charge in [-0.05, 0) is 43.4 Å². The summed E-state index contributed by atoms with van der Waals surface area (Å²) in [6.45, 7) is 1.76. The average Bonchev–Trinajstić information content (AvgIpc) is 2.57. The Morgan fingerprint density at radius 2 is 1.67 bits per heavy atom. The maximum Gasteiger partial charge on any atom is 0.427 e. The predicted octanol–water partition coefficient (Wildman–Crippen LogP) is 3.88. The van der Waals surface area contributed by atoms with E-state index in [1.54, 1.807) is 24.4 Å². The molecule has 144 valence electrons. The van der Waals surface area contributed by atoms with E-state index in [0.717, 1.165) is 23.8 Å². The van der Waals surface area contributed by atoms with Gasteiger partial charge in [0.15, 0.2) is 11.3 Å². The Morgan fingerprint density at radius 1 is 1.04 bits per heavy atom. The van der Waals surface area contributed by atoms with Crippen molar-refractivity contribution in [1.29, 1.82) is 0 Å². The minimum absolute atomic E-state index is 0.0201. The van der Waals surface area contributed by atoms with Gasteiger partial charge in [0.25, 0.3) is 5.91 Å². The van der Waals surface area contributed by atoms with Gasteiger partial charge >= 0.3 is 6.18 Å². The van der Waals surface area contributed by atoms with E-state index in [1.165, 1.54) is 12.1 Å². The third-order valence-corrected chi connectivity index (χ3v) is 3.59. The second kappa shape index (κ2) is 8.30. The number of anilines is 1. The lowest BCUT2D eigenvalue weighted by molar-refractivity contribution is -0.156. The molecular formula is C17H14F5N3OS. The molecule has 10 heteroatoms. The molecule has 0 aliphatic heterocycles. The summed E-state index contributed by atoms with van der Waals surface area (Å²) in [5.41, 5.74) is 0.407. The molecule has 0 heterocycles. The number of nitrogens with one attached hydrogen (secondary N) is 3. The molecule has 0 saturated carbocycles. The average molecular weight is 403 g/mol. The Labute approximate surface area is 156 Å². The summed E-state index contributed by atoms with van der Waals surface area (Å²) in [5.74, 6) is -2.70. The lowest BCUT2D eigenvalue weighted by Crippen LogP contribution is -2.57. The van der Waals surface area contributed by atoms with Gasteiger partial charge < -0.3 is 16.0 Å². The Kier molecular flexibility index (Phi) is 6.32. The fourth-order valence-electron chi connectivity index (χ4n) is 2.00. The molecule has 0 fully saturated rings. The van der Waals surface area contributed by atoms with Crippen molar-refractivity contribution in [2.75, 3.05) is 5.32 Å². The van der Waals surface area contributed by atoms with E-state index in [0.29, 0.717) is 0 Å². The first-order valence-electron chi connectivity index (χ1n) is 7.53. The third kappa shape index (κ3) is 5.88. The van der Waals surface area contributed by atoms with Gasteiger partial charge in [0.2, 0.25) is 0 Å². The molecule has 2 aromatic carbocycles. The van der Waals surface area contributed by atoms with Crippen molar-refractivity contribution in [3.8, 4) is 0 Å². The minimum atomic E-state index is -4.90. The fourth-order valence-corrected chi connectivity index (χ4v) is 2.23. The number of carbonyl (C=O) groups is 1. The zero-order chi connectivity index (χ0) is 20.2. The van der Waals surface area contributed by atoms with Crippen LogP contribution in [0.3, 0.4) is 0 Å². The number of rotatable bonds is 4. The number of benzene rings is 2. The molecule has 0 aliphatic carbocycles.